The van der Waals surface area contributed by atoms with Gasteiger partial charge in [0.1, 0.15) is 11.9 Å². The van der Waals surface area contributed by atoms with Crippen molar-refractivity contribution in [3.8, 4) is 0 Å². The molecule has 10 heteroatoms. The van der Waals surface area contributed by atoms with Crippen LogP contribution in [0.3, 0.4) is 0 Å². The molecule has 1 unspecified atom stereocenters. The molecule has 0 aromatic rings. The first-order valence-electron chi connectivity index (χ1n) is 11.7. The molecule has 2 rings (SSSR count). The predicted octanol–water partition coefficient (Wildman–Crippen LogP) is 2.55. The van der Waals surface area contributed by atoms with Crippen LogP contribution < -0.4 is 10.6 Å². The number of nitrogens with zero attached hydrogens (tertiary/aromatic N) is 2. The summed E-state index contributed by atoms with van der Waals surface area (Å²) in [5, 5.41) is 6.17. The van der Waals surface area contributed by atoms with E-state index in [2.05, 4.69) is 22.2 Å². The zero-order valence-electron chi connectivity index (χ0n) is 21.4. The molecule has 0 bridgehead atoms. The second kappa shape index (κ2) is 10.9. The molecule has 2 aliphatic heterocycles. The highest BCUT2D eigenvalue weighted by atomic mass is 16.7. The van der Waals surface area contributed by atoms with Crippen molar-refractivity contribution in [2.24, 2.45) is 10.9 Å². The smallest absolute Gasteiger partial charge is 0.453 e. The Balaban J connectivity index is 2.21. The molecule has 0 spiro atoms. The number of carbonyl (C=O) groups is 2. The fraction of sp³-hybridized carbons (Fsp3) is 0.783. The number of amidine groups is 1. The van der Waals surface area contributed by atoms with Gasteiger partial charge in [0.15, 0.2) is 0 Å². The van der Waals surface area contributed by atoms with Gasteiger partial charge in [-0.2, -0.15) is 0 Å². The summed E-state index contributed by atoms with van der Waals surface area (Å²) in [5.74, 6) is 0.250. The van der Waals surface area contributed by atoms with Crippen LogP contribution in [0.15, 0.2) is 17.6 Å². The van der Waals surface area contributed by atoms with Gasteiger partial charge in [0, 0.05) is 13.6 Å². The lowest BCUT2D eigenvalue weighted by Gasteiger charge is -2.33. The molecular weight excluding hydrogens is 423 g/mol. The minimum Gasteiger partial charge on any atom is -0.453 e. The maximum absolute atomic E-state index is 13.4. The van der Waals surface area contributed by atoms with Crippen molar-refractivity contribution in [1.29, 1.82) is 0 Å². The van der Waals surface area contributed by atoms with E-state index >= 15 is 0 Å². The number of alkyl carbamates (subject to hydrolysis) is 1. The number of amides is 2. The minimum atomic E-state index is -0.678. The van der Waals surface area contributed by atoms with E-state index in [1.54, 1.807) is 11.9 Å². The Morgan fingerprint density at radius 2 is 1.85 bits per heavy atom. The van der Waals surface area contributed by atoms with Crippen molar-refractivity contribution in [2.45, 2.75) is 90.0 Å². The summed E-state index contributed by atoms with van der Waals surface area (Å²) in [7, 11) is 2.52. The number of carbonyl (C=O) groups excluding carboxylic acids is 2. The molecule has 0 aromatic heterocycles. The van der Waals surface area contributed by atoms with Crippen LogP contribution in [0.1, 0.15) is 60.8 Å². The van der Waals surface area contributed by atoms with Crippen LogP contribution in [0.5, 0.6) is 0 Å². The van der Waals surface area contributed by atoms with Gasteiger partial charge in [0.2, 0.25) is 5.91 Å². The van der Waals surface area contributed by atoms with Crippen molar-refractivity contribution in [1.82, 2.24) is 15.5 Å². The third kappa shape index (κ3) is 6.09. The fourth-order valence-corrected chi connectivity index (χ4v) is 4.16. The van der Waals surface area contributed by atoms with Crippen molar-refractivity contribution in [3.63, 3.8) is 0 Å². The van der Waals surface area contributed by atoms with Crippen molar-refractivity contribution < 1.29 is 23.6 Å². The van der Waals surface area contributed by atoms with E-state index in [0.717, 1.165) is 12.8 Å². The molecular formula is C23H41BN4O5. The zero-order chi connectivity index (χ0) is 25.0. The Hall–Kier alpha value is -2.07. The normalized spacial score (nSPS) is 23.9. The second-order valence-corrected chi connectivity index (χ2v) is 10.1. The van der Waals surface area contributed by atoms with E-state index in [4.69, 9.17) is 14.0 Å². The van der Waals surface area contributed by atoms with Gasteiger partial charge < -0.3 is 29.6 Å². The molecule has 2 saturated heterocycles. The number of rotatable bonds is 8. The summed E-state index contributed by atoms with van der Waals surface area (Å²) in [5.41, 5.74) is -0.913. The summed E-state index contributed by atoms with van der Waals surface area (Å²) in [4.78, 5) is 31.5. The highest BCUT2D eigenvalue weighted by molar-refractivity contribution is 6.48. The second-order valence-electron chi connectivity index (χ2n) is 10.1. The first-order valence-corrected chi connectivity index (χ1v) is 11.7. The molecule has 0 radical (unpaired) electrons. The van der Waals surface area contributed by atoms with Gasteiger partial charge in [-0.1, -0.05) is 19.9 Å². The van der Waals surface area contributed by atoms with Crippen molar-refractivity contribution in [3.05, 3.63) is 12.7 Å². The number of methoxy groups -OCH3 is 1. The van der Waals surface area contributed by atoms with Crippen LogP contribution in [0, 0.1) is 5.92 Å². The number of nitrogens with one attached hydrogen (secondary N) is 2. The molecule has 2 heterocycles. The van der Waals surface area contributed by atoms with E-state index < -0.39 is 30.5 Å². The molecule has 3 atom stereocenters. The van der Waals surface area contributed by atoms with Gasteiger partial charge in [-0.05, 0) is 52.9 Å². The van der Waals surface area contributed by atoms with E-state index in [1.807, 2.05) is 47.6 Å². The molecule has 186 valence electrons. The molecule has 2 N–H and O–H groups in total. The van der Waals surface area contributed by atoms with E-state index in [-0.39, 0.29) is 23.8 Å². The number of likely N-dealkylation sites (tertiary alicyclic amines) is 1. The Morgan fingerprint density at radius 1 is 1.24 bits per heavy atom. The third-order valence-corrected chi connectivity index (χ3v) is 6.84. The molecule has 9 nitrogen and oxygen atoms in total. The Kier molecular flexibility index (Phi) is 8.98. The maximum Gasteiger partial charge on any atom is 0.482 e. The average Bonchev–Trinajstić information content (AvgIpc) is 3.30. The van der Waals surface area contributed by atoms with Crippen molar-refractivity contribution >= 4 is 25.0 Å². The van der Waals surface area contributed by atoms with Crippen LogP contribution in [0.4, 0.5) is 4.79 Å². The maximum atomic E-state index is 13.4. The standard InChI is InChI=1S/C23H41BN4O5/c1-10-12-17(24-32-22(4,5)23(6,7)33-24)26-19(25-8)16-13-11-14-28(16)20(29)18(15(2)3)27-21(30)31-9/h10,15-18H,1,11-14H2,2-9H3,(H,25,26)(H,27,30)/t16-,17?,18-/m0/s1. The van der Waals surface area contributed by atoms with E-state index in [9.17, 15) is 9.59 Å². The highest BCUT2D eigenvalue weighted by Crippen LogP contribution is 2.38. The van der Waals surface area contributed by atoms with Gasteiger partial charge >= 0.3 is 13.2 Å². The quantitative estimate of drug-likeness (QED) is 0.248. The lowest BCUT2D eigenvalue weighted by molar-refractivity contribution is -0.134. The molecule has 0 aliphatic carbocycles. The molecule has 0 saturated carbocycles. The fourth-order valence-electron chi connectivity index (χ4n) is 4.16. The highest BCUT2D eigenvalue weighted by Gasteiger charge is 2.54. The van der Waals surface area contributed by atoms with Crippen LogP contribution >= 0.6 is 0 Å². The summed E-state index contributed by atoms with van der Waals surface area (Å²) < 4.78 is 17.2. The van der Waals surface area contributed by atoms with Crippen LogP contribution in [0.2, 0.25) is 0 Å². The van der Waals surface area contributed by atoms with Crippen LogP contribution in [-0.4, -0.2) is 79.8 Å². The topological polar surface area (TPSA) is 101 Å². The molecule has 33 heavy (non-hydrogen) atoms. The minimum absolute atomic E-state index is 0.0916. The summed E-state index contributed by atoms with van der Waals surface area (Å²) in [6.45, 7) is 16.4. The lowest BCUT2D eigenvalue weighted by atomic mass is 9.76. The number of hydrogen-bond acceptors (Lipinski definition) is 6. The third-order valence-electron chi connectivity index (χ3n) is 6.84. The number of ether oxygens (including phenoxy) is 1. The van der Waals surface area contributed by atoms with Crippen molar-refractivity contribution in [2.75, 3.05) is 20.7 Å². The van der Waals surface area contributed by atoms with Gasteiger partial charge in [-0.15, -0.1) is 6.58 Å². The Bertz CT molecular complexity index is 739. The Labute approximate surface area is 198 Å². The summed E-state index contributed by atoms with van der Waals surface area (Å²) in [6, 6.07) is -0.902. The SMILES string of the molecule is C=CCC(NC(=NC)[C@@H]1CCCN1C(=O)[C@@H](NC(=O)OC)C(C)C)B1OC(C)(C)C(C)(C)O1. The van der Waals surface area contributed by atoms with E-state index in [1.165, 1.54) is 7.11 Å². The van der Waals surface area contributed by atoms with Crippen LogP contribution in [0.25, 0.3) is 0 Å². The molecule has 2 fully saturated rings. The summed E-state index contributed by atoms with van der Waals surface area (Å²) >= 11 is 0. The molecule has 2 aliphatic rings. The molecule has 0 aromatic carbocycles. The number of aliphatic imine (C=N–C) groups is 1. The van der Waals surface area contributed by atoms with E-state index in [0.29, 0.717) is 18.8 Å². The van der Waals surface area contributed by atoms with Gasteiger partial charge in [0.25, 0.3) is 0 Å². The zero-order valence-corrected chi connectivity index (χ0v) is 21.4. The first kappa shape index (κ1) is 27.2. The van der Waals surface area contributed by atoms with Gasteiger partial charge in [0.05, 0.1) is 30.3 Å². The lowest BCUT2D eigenvalue weighted by Crippen LogP contribution is -2.57. The average molecular weight is 464 g/mol. The van der Waals surface area contributed by atoms with Gasteiger partial charge in [-0.25, -0.2) is 4.79 Å². The largest absolute Gasteiger partial charge is 0.482 e. The first-order chi connectivity index (χ1) is 15.4. The Morgan fingerprint density at radius 3 is 2.33 bits per heavy atom. The monoisotopic (exact) mass is 464 g/mol. The summed E-state index contributed by atoms with van der Waals surface area (Å²) in [6.07, 6.45) is 3.44. The van der Waals surface area contributed by atoms with Crippen LogP contribution in [-0.2, 0) is 18.8 Å². The predicted molar refractivity (Wildman–Crippen MR) is 130 cm³/mol. The number of hydrogen-bond donors (Lipinski definition) is 2. The molecule has 2 amide bonds. The van der Waals surface area contributed by atoms with Gasteiger partial charge in [-0.3, -0.25) is 9.79 Å².